The van der Waals surface area contributed by atoms with E-state index >= 15 is 0 Å². The van der Waals surface area contributed by atoms with E-state index in [1.165, 1.54) is 29.3 Å². The maximum Gasteiger partial charge on any atom is 0.260 e. The van der Waals surface area contributed by atoms with Gasteiger partial charge in [0.15, 0.2) is 22.4 Å². The van der Waals surface area contributed by atoms with Gasteiger partial charge in [-0.05, 0) is 54.4 Å². The Morgan fingerprint density at radius 2 is 1.92 bits per heavy atom. The summed E-state index contributed by atoms with van der Waals surface area (Å²) in [4.78, 5) is 30.9. The molecule has 0 radical (unpaired) electrons. The van der Waals surface area contributed by atoms with E-state index < -0.39 is 0 Å². The van der Waals surface area contributed by atoms with Crippen molar-refractivity contribution in [1.29, 1.82) is 0 Å². The molecule has 0 aliphatic rings. The minimum Gasteiger partial charge on any atom is -0.490 e. The number of hydrogen-bond donors (Lipinski definition) is 1. The van der Waals surface area contributed by atoms with E-state index in [-0.39, 0.29) is 24.2 Å². The lowest BCUT2D eigenvalue weighted by Gasteiger charge is -2.20. The highest BCUT2D eigenvalue weighted by Gasteiger charge is 2.16. The summed E-state index contributed by atoms with van der Waals surface area (Å²) in [6, 6.07) is 13.4. The lowest BCUT2D eigenvalue weighted by molar-refractivity contribution is -0.133. The highest BCUT2D eigenvalue weighted by molar-refractivity contribution is 9.10. The third kappa shape index (κ3) is 8.58. The molecule has 0 unspecified atom stereocenters. The van der Waals surface area contributed by atoms with Crippen LogP contribution in [0.2, 0.25) is 0 Å². The fraction of sp³-hybridized carbons (Fsp3) is 0.308. The number of likely N-dealkylation sites (N-methyl/N-ethyl adjacent to an activating group) is 1. The molecule has 0 bridgehead atoms. The largest absolute Gasteiger partial charge is 0.490 e. The molecule has 1 heterocycles. The van der Waals surface area contributed by atoms with Crippen LogP contribution in [0, 0.1) is 0 Å². The number of aromatic nitrogens is 1. The minimum absolute atomic E-state index is 0.0898. The fourth-order valence-electron chi connectivity index (χ4n) is 3.27. The molecular formula is C26H29BrN4O4S2. The molecule has 0 saturated heterocycles. The first-order valence-electron chi connectivity index (χ1n) is 11.8. The van der Waals surface area contributed by atoms with Crippen LogP contribution in [-0.4, -0.2) is 60.0 Å². The van der Waals surface area contributed by atoms with E-state index in [2.05, 4.69) is 31.4 Å². The van der Waals surface area contributed by atoms with Crippen molar-refractivity contribution in [2.45, 2.75) is 25.1 Å². The Bertz CT molecular complexity index is 1220. The number of benzene rings is 2. The summed E-state index contributed by atoms with van der Waals surface area (Å²) in [6.45, 7) is 7.29. The number of hydrogen-bond acceptors (Lipinski definition) is 8. The molecule has 2 amide bonds. The van der Waals surface area contributed by atoms with Crippen molar-refractivity contribution in [2.24, 2.45) is 5.10 Å². The molecule has 0 aliphatic carbocycles. The van der Waals surface area contributed by atoms with Gasteiger partial charge in [0.05, 0.1) is 28.7 Å². The van der Waals surface area contributed by atoms with Crippen molar-refractivity contribution < 1.29 is 19.1 Å². The third-order valence-corrected chi connectivity index (χ3v) is 7.68. The van der Waals surface area contributed by atoms with E-state index in [0.29, 0.717) is 41.2 Å². The lowest BCUT2D eigenvalue weighted by Crippen LogP contribution is -2.34. The van der Waals surface area contributed by atoms with E-state index in [0.717, 1.165) is 15.6 Å². The van der Waals surface area contributed by atoms with Gasteiger partial charge in [0.1, 0.15) is 0 Å². The van der Waals surface area contributed by atoms with E-state index in [1.807, 2.05) is 56.5 Å². The number of thioether (sulfide) groups is 1. The van der Waals surface area contributed by atoms with E-state index in [9.17, 15) is 9.59 Å². The van der Waals surface area contributed by atoms with Crippen molar-refractivity contribution in [1.82, 2.24) is 15.3 Å². The molecule has 0 spiro atoms. The van der Waals surface area contributed by atoms with Gasteiger partial charge in [0.2, 0.25) is 0 Å². The highest BCUT2D eigenvalue weighted by atomic mass is 79.9. The smallest absolute Gasteiger partial charge is 0.260 e. The summed E-state index contributed by atoms with van der Waals surface area (Å²) in [7, 11) is 0. The molecule has 2 aromatic carbocycles. The van der Waals surface area contributed by atoms with E-state index in [4.69, 9.17) is 9.47 Å². The zero-order chi connectivity index (χ0) is 26.6. The first-order chi connectivity index (χ1) is 17.9. The number of nitrogens with zero attached hydrogens (tertiary/aromatic N) is 3. The molecule has 0 atom stereocenters. The van der Waals surface area contributed by atoms with Gasteiger partial charge in [0, 0.05) is 24.0 Å². The molecule has 37 heavy (non-hydrogen) atoms. The number of hydrazone groups is 1. The van der Waals surface area contributed by atoms with Crippen LogP contribution in [0.4, 0.5) is 0 Å². The van der Waals surface area contributed by atoms with Crippen LogP contribution in [0.1, 0.15) is 26.3 Å². The quantitative estimate of drug-likeness (QED) is 0.158. The van der Waals surface area contributed by atoms with Gasteiger partial charge >= 0.3 is 0 Å². The van der Waals surface area contributed by atoms with Crippen molar-refractivity contribution in [2.75, 3.05) is 32.1 Å². The molecule has 1 N–H and O–H groups in total. The second kappa shape index (κ2) is 14.7. The van der Waals surface area contributed by atoms with Gasteiger partial charge in [-0.1, -0.05) is 42.1 Å². The summed E-state index contributed by atoms with van der Waals surface area (Å²) in [5.41, 5.74) is 5.17. The van der Waals surface area contributed by atoms with Crippen molar-refractivity contribution in [3.63, 3.8) is 0 Å². The number of rotatable bonds is 13. The van der Waals surface area contributed by atoms with Crippen LogP contribution < -0.4 is 14.9 Å². The minimum atomic E-state index is -0.239. The molecule has 0 aliphatic heterocycles. The number of ether oxygens (including phenoxy) is 2. The van der Waals surface area contributed by atoms with Crippen LogP contribution in [0.25, 0.3) is 11.3 Å². The molecular weight excluding hydrogens is 576 g/mol. The summed E-state index contributed by atoms with van der Waals surface area (Å²) in [5, 5.41) is 6.05. The zero-order valence-electron chi connectivity index (χ0n) is 20.9. The molecule has 0 fully saturated rings. The van der Waals surface area contributed by atoms with Gasteiger partial charge in [-0.15, -0.1) is 11.3 Å². The average molecular weight is 606 g/mol. The Morgan fingerprint density at radius 3 is 2.62 bits per heavy atom. The number of amides is 2. The number of nitrogens with one attached hydrogen (secondary N) is 1. The molecule has 3 rings (SSSR count). The van der Waals surface area contributed by atoms with Gasteiger partial charge < -0.3 is 14.4 Å². The van der Waals surface area contributed by atoms with Crippen molar-refractivity contribution in [3.05, 3.63) is 57.9 Å². The summed E-state index contributed by atoms with van der Waals surface area (Å²) in [6.07, 6.45) is 1.53. The first kappa shape index (κ1) is 28.7. The Kier molecular flexibility index (Phi) is 11.4. The Hall–Kier alpha value is -2.89. The van der Waals surface area contributed by atoms with Crippen LogP contribution >= 0.6 is 39.0 Å². The maximum absolute atomic E-state index is 12.3. The molecule has 3 aromatic rings. The number of halogens is 1. The van der Waals surface area contributed by atoms with E-state index in [1.54, 1.807) is 17.0 Å². The van der Waals surface area contributed by atoms with Gasteiger partial charge in [0.25, 0.3) is 11.8 Å². The van der Waals surface area contributed by atoms with Crippen LogP contribution in [0.5, 0.6) is 11.5 Å². The first-order valence-corrected chi connectivity index (χ1v) is 14.4. The summed E-state index contributed by atoms with van der Waals surface area (Å²) < 4.78 is 12.9. The zero-order valence-corrected chi connectivity index (χ0v) is 24.1. The fourth-order valence-corrected chi connectivity index (χ4v) is 5.47. The predicted molar refractivity (Wildman–Crippen MR) is 153 cm³/mol. The van der Waals surface area contributed by atoms with Crippen LogP contribution in [0.3, 0.4) is 0 Å². The second-order valence-electron chi connectivity index (χ2n) is 7.56. The topological polar surface area (TPSA) is 93.1 Å². The van der Waals surface area contributed by atoms with Gasteiger partial charge in [-0.25, -0.2) is 10.4 Å². The third-order valence-electron chi connectivity index (χ3n) is 5.07. The Labute approximate surface area is 233 Å². The average Bonchev–Trinajstić information content (AvgIpc) is 3.38. The van der Waals surface area contributed by atoms with Gasteiger partial charge in [-0.3, -0.25) is 9.59 Å². The number of thiazole rings is 1. The molecule has 0 saturated carbocycles. The predicted octanol–water partition coefficient (Wildman–Crippen LogP) is 5.46. The van der Waals surface area contributed by atoms with Crippen molar-refractivity contribution >= 4 is 57.1 Å². The summed E-state index contributed by atoms with van der Waals surface area (Å²) in [5.74, 6) is 0.778. The second-order valence-corrected chi connectivity index (χ2v) is 10.5. The normalized spacial score (nSPS) is 10.9. The Morgan fingerprint density at radius 1 is 1.16 bits per heavy atom. The van der Waals surface area contributed by atoms with Crippen molar-refractivity contribution in [3.8, 4) is 22.8 Å². The number of carbonyl (C=O) groups excluding carboxylic acids is 2. The summed E-state index contributed by atoms with van der Waals surface area (Å²) >= 11 is 6.36. The highest BCUT2D eigenvalue weighted by Crippen LogP contribution is 2.36. The lowest BCUT2D eigenvalue weighted by atomic mass is 10.2. The molecule has 196 valence electrons. The SMILES string of the molecule is CCOc1cc(/C=N/NC(=O)CSc2nc(-c3ccccc3)cs2)cc(Br)c1OCC(=O)N(CC)CC. The molecule has 8 nitrogen and oxygen atoms in total. The number of carbonyl (C=O) groups is 2. The molecule has 1 aromatic heterocycles. The van der Waals surface area contributed by atoms with Crippen LogP contribution in [0.15, 0.2) is 61.8 Å². The van der Waals surface area contributed by atoms with Crippen LogP contribution in [-0.2, 0) is 9.59 Å². The van der Waals surface area contributed by atoms with Gasteiger partial charge in [-0.2, -0.15) is 5.10 Å². The Balaban J connectivity index is 1.56. The monoisotopic (exact) mass is 604 g/mol. The maximum atomic E-state index is 12.3. The standard InChI is InChI=1S/C26H29BrN4O4S2/c1-4-31(5-2)24(33)15-35-25-20(27)12-18(13-22(25)34-6-3)14-28-30-23(32)17-37-26-29-21(16-36-26)19-10-8-7-9-11-19/h7-14,16H,4-6,15,17H2,1-3H3,(H,30,32)/b28-14+. The molecule has 11 heteroatoms.